The molecule has 285 valence electrons. The first-order valence-corrected chi connectivity index (χ1v) is 19.4. The molecule has 2 aliphatic heterocycles. The van der Waals surface area contributed by atoms with Crippen LogP contribution in [-0.2, 0) is 20.1 Å². The van der Waals surface area contributed by atoms with Gasteiger partial charge in [0, 0.05) is 49.6 Å². The van der Waals surface area contributed by atoms with Crippen molar-refractivity contribution >= 4 is 23.1 Å². The van der Waals surface area contributed by atoms with Crippen molar-refractivity contribution in [3.8, 4) is 67.8 Å². The summed E-state index contributed by atoms with van der Waals surface area (Å²) in [6, 6.07) is 50.6. The van der Waals surface area contributed by atoms with Crippen LogP contribution in [0.25, 0.3) is 44.8 Å². The van der Waals surface area contributed by atoms with Crippen LogP contribution >= 0.6 is 0 Å². The molecular weight excluding hydrogens is 888 g/mol. The average Bonchev–Trinajstić information content (AvgIpc) is 3.22. The molecule has 6 aromatic carbocycles. The van der Waals surface area contributed by atoms with Crippen LogP contribution < -0.4 is 25.9 Å². The molecular formula is C52H41BIrN2O2-2. The molecule has 4 nitrogen and oxygen atoms in total. The number of nitrogens with zero attached hydrogens (tertiary/aromatic N) is 2. The van der Waals surface area contributed by atoms with Gasteiger partial charge in [0.1, 0.15) is 11.5 Å². The van der Waals surface area contributed by atoms with Gasteiger partial charge in [-0.3, -0.25) is 0 Å². The van der Waals surface area contributed by atoms with Crippen molar-refractivity contribution in [3.05, 3.63) is 185 Å². The first-order chi connectivity index (χ1) is 27.7. The SMILES string of the molecule is Cc1c[c-]c(-c2cc(-c3ccccc3)c(C)cn2)cc1.Cc1cc(C)c(-c2cnc(-c3[c-]cc4c5c3Oc3ccccc3B5c3ccccc3O4)cc2C)c(C)c1.[Ir]. The second kappa shape index (κ2) is 16.1. The molecule has 0 saturated carbocycles. The summed E-state index contributed by atoms with van der Waals surface area (Å²) in [5, 5.41) is 0. The van der Waals surface area contributed by atoms with Gasteiger partial charge in [0.05, 0.1) is 0 Å². The van der Waals surface area contributed by atoms with Gasteiger partial charge in [-0.15, -0.1) is 47.5 Å². The Labute approximate surface area is 355 Å². The summed E-state index contributed by atoms with van der Waals surface area (Å²) < 4.78 is 12.9. The number of pyridine rings is 2. The van der Waals surface area contributed by atoms with E-state index in [9.17, 15) is 0 Å². The monoisotopic (exact) mass is 929 g/mol. The van der Waals surface area contributed by atoms with Crippen molar-refractivity contribution in [1.82, 2.24) is 9.97 Å². The number of ether oxygens (including phenoxy) is 2. The predicted octanol–water partition coefficient (Wildman–Crippen LogP) is 11.0. The van der Waals surface area contributed by atoms with E-state index in [1.807, 2.05) is 54.9 Å². The van der Waals surface area contributed by atoms with Gasteiger partial charge in [-0.05, 0) is 108 Å². The molecule has 0 unspecified atom stereocenters. The van der Waals surface area contributed by atoms with E-state index in [1.165, 1.54) is 50.1 Å². The number of aryl methyl sites for hydroxylation is 6. The third kappa shape index (κ3) is 7.19. The summed E-state index contributed by atoms with van der Waals surface area (Å²) in [6.45, 7) is 12.8. The minimum absolute atomic E-state index is 0. The fourth-order valence-electron chi connectivity index (χ4n) is 8.33. The predicted molar refractivity (Wildman–Crippen MR) is 234 cm³/mol. The summed E-state index contributed by atoms with van der Waals surface area (Å²) >= 11 is 0. The zero-order valence-electron chi connectivity index (χ0n) is 33.4. The first kappa shape index (κ1) is 38.8. The van der Waals surface area contributed by atoms with Gasteiger partial charge in [-0.25, -0.2) is 0 Å². The van der Waals surface area contributed by atoms with Crippen molar-refractivity contribution in [2.45, 2.75) is 41.5 Å². The third-order valence-electron chi connectivity index (χ3n) is 11.0. The van der Waals surface area contributed by atoms with Gasteiger partial charge in [-0.2, -0.15) is 0 Å². The van der Waals surface area contributed by atoms with Crippen LogP contribution in [0.1, 0.15) is 33.4 Å². The van der Waals surface area contributed by atoms with Gasteiger partial charge in [-0.1, -0.05) is 115 Å². The fourth-order valence-corrected chi connectivity index (χ4v) is 8.33. The maximum absolute atomic E-state index is 6.58. The molecule has 0 fully saturated rings. The molecule has 10 rings (SSSR count). The molecule has 0 N–H and O–H groups in total. The maximum atomic E-state index is 6.58. The second-order valence-corrected chi connectivity index (χ2v) is 15.2. The van der Waals surface area contributed by atoms with Crippen molar-refractivity contribution in [2.75, 3.05) is 0 Å². The second-order valence-electron chi connectivity index (χ2n) is 15.2. The van der Waals surface area contributed by atoms with Crippen molar-refractivity contribution in [2.24, 2.45) is 0 Å². The van der Waals surface area contributed by atoms with Crippen LogP contribution in [-0.4, -0.2) is 16.7 Å². The fraction of sp³-hybridized carbons (Fsp3) is 0.115. The first-order valence-electron chi connectivity index (χ1n) is 19.4. The number of benzene rings is 6. The van der Waals surface area contributed by atoms with E-state index >= 15 is 0 Å². The zero-order chi connectivity index (χ0) is 39.2. The van der Waals surface area contributed by atoms with Gasteiger partial charge >= 0.3 is 0 Å². The molecule has 0 bridgehead atoms. The van der Waals surface area contributed by atoms with E-state index in [0.29, 0.717) is 0 Å². The zero-order valence-corrected chi connectivity index (χ0v) is 35.8. The van der Waals surface area contributed by atoms with Crippen LogP contribution in [0.5, 0.6) is 23.0 Å². The van der Waals surface area contributed by atoms with Crippen LogP contribution in [0, 0.1) is 53.7 Å². The summed E-state index contributed by atoms with van der Waals surface area (Å²) in [6.07, 6.45) is 3.93. The van der Waals surface area contributed by atoms with E-state index in [4.69, 9.17) is 14.5 Å². The quantitative estimate of drug-likeness (QED) is 0.130. The third-order valence-corrected chi connectivity index (χ3v) is 11.0. The van der Waals surface area contributed by atoms with Crippen molar-refractivity contribution in [3.63, 3.8) is 0 Å². The molecule has 0 aliphatic carbocycles. The Morgan fingerprint density at radius 1 is 0.517 bits per heavy atom. The van der Waals surface area contributed by atoms with Gasteiger partial charge in [0.15, 0.2) is 0 Å². The Kier molecular flexibility index (Phi) is 10.7. The molecule has 8 aromatic rings. The average molecular weight is 929 g/mol. The molecule has 4 heterocycles. The Bertz CT molecular complexity index is 2780. The molecule has 0 atom stereocenters. The number of hydrogen-bond donors (Lipinski definition) is 0. The van der Waals surface area contributed by atoms with Gasteiger partial charge in [0.25, 0.3) is 0 Å². The molecule has 2 aliphatic rings. The largest absolute Gasteiger partial charge is 0.503 e. The van der Waals surface area contributed by atoms with E-state index in [-0.39, 0.29) is 26.8 Å². The van der Waals surface area contributed by atoms with E-state index < -0.39 is 0 Å². The Morgan fingerprint density at radius 2 is 1.17 bits per heavy atom. The van der Waals surface area contributed by atoms with E-state index in [2.05, 4.69) is 144 Å². The van der Waals surface area contributed by atoms with Crippen LogP contribution in [0.3, 0.4) is 0 Å². The molecule has 0 spiro atoms. The van der Waals surface area contributed by atoms with Crippen LogP contribution in [0.2, 0.25) is 0 Å². The minimum Gasteiger partial charge on any atom is -0.503 e. The summed E-state index contributed by atoms with van der Waals surface area (Å²) in [7, 11) is 0. The Balaban J connectivity index is 0.000000190. The number of aromatic nitrogens is 2. The van der Waals surface area contributed by atoms with Crippen molar-refractivity contribution < 1.29 is 29.6 Å². The maximum Gasteiger partial charge on any atom is 0.239 e. The molecule has 1 radical (unpaired) electrons. The number of rotatable bonds is 4. The van der Waals surface area contributed by atoms with Gasteiger partial charge in [0.2, 0.25) is 6.71 Å². The van der Waals surface area contributed by atoms with Gasteiger partial charge < -0.3 is 19.4 Å². The number of para-hydroxylation sites is 2. The smallest absolute Gasteiger partial charge is 0.239 e. The minimum atomic E-state index is 0. The Hall–Kier alpha value is -6.07. The van der Waals surface area contributed by atoms with E-state index in [1.54, 1.807) is 0 Å². The molecule has 0 saturated heterocycles. The van der Waals surface area contributed by atoms with Crippen LogP contribution in [0.15, 0.2) is 140 Å². The number of hydrogen-bond acceptors (Lipinski definition) is 4. The normalized spacial score (nSPS) is 11.7. The Morgan fingerprint density at radius 3 is 1.84 bits per heavy atom. The molecule has 6 heteroatoms. The molecule has 58 heavy (non-hydrogen) atoms. The molecule has 0 amide bonds. The van der Waals surface area contributed by atoms with Crippen molar-refractivity contribution in [1.29, 1.82) is 0 Å². The van der Waals surface area contributed by atoms with E-state index in [0.717, 1.165) is 67.5 Å². The van der Waals surface area contributed by atoms with Crippen LogP contribution in [0.4, 0.5) is 0 Å². The summed E-state index contributed by atoms with van der Waals surface area (Å²) in [4.78, 5) is 9.48. The summed E-state index contributed by atoms with van der Waals surface area (Å²) in [5.74, 6) is 3.31. The summed E-state index contributed by atoms with van der Waals surface area (Å²) in [5.41, 5.74) is 19.3. The topological polar surface area (TPSA) is 44.2 Å². The standard InChI is InChI=1S/C33H25BNO2.C19H16N.Ir/c1-19-15-21(3)31(22(4)16-19)24-18-35-27(17-20(24)2)23-13-14-30-32-33(23)37-29-12-8-6-10-26(29)34(32)25-9-5-7-11-28(25)36-30;1-14-8-10-17(11-9-14)19-12-18(15(2)13-20-19)16-6-4-3-5-7-16;/h5-12,14-18H,1-4H3;3-10,12-13H,1-2H3;/q2*-1;. The molecule has 2 aromatic heterocycles. The number of fused-ring (bicyclic) bond motifs is 4.